The first-order chi connectivity index (χ1) is 15.0. The first-order valence-electron chi connectivity index (χ1n) is 10.1. The maximum Gasteiger partial charge on any atom is 0.252 e. The van der Waals surface area contributed by atoms with E-state index in [0.717, 1.165) is 18.8 Å². The predicted octanol–water partition coefficient (Wildman–Crippen LogP) is 4.41. The summed E-state index contributed by atoms with van der Waals surface area (Å²) < 4.78 is 27.8. The van der Waals surface area contributed by atoms with Crippen molar-refractivity contribution in [3.63, 3.8) is 0 Å². The summed E-state index contributed by atoms with van der Waals surface area (Å²) in [5, 5.41) is 6.08. The van der Waals surface area contributed by atoms with Crippen LogP contribution in [0.3, 0.4) is 0 Å². The van der Waals surface area contributed by atoms with E-state index in [1.54, 1.807) is 6.07 Å². The van der Waals surface area contributed by atoms with Crippen LogP contribution in [-0.2, 0) is 6.54 Å². The number of primary amides is 1. The van der Waals surface area contributed by atoms with Gasteiger partial charge in [-0.3, -0.25) is 4.79 Å². The Kier molecular flexibility index (Phi) is 5.97. The second-order valence-corrected chi connectivity index (χ2v) is 7.40. The average molecular weight is 423 g/mol. The Morgan fingerprint density at radius 2 is 1.74 bits per heavy atom. The van der Waals surface area contributed by atoms with Gasteiger partial charge in [0.05, 0.1) is 11.3 Å². The molecule has 6 nitrogen and oxygen atoms in total. The second kappa shape index (κ2) is 8.99. The maximum atomic E-state index is 13.9. The minimum absolute atomic E-state index is 0.123. The highest BCUT2D eigenvalue weighted by molar-refractivity contribution is 5.98. The van der Waals surface area contributed by atoms with E-state index in [1.807, 2.05) is 24.3 Å². The molecule has 1 fully saturated rings. The summed E-state index contributed by atoms with van der Waals surface area (Å²) in [6.45, 7) is 1.99. The third-order valence-corrected chi connectivity index (χ3v) is 5.30. The number of anilines is 4. The molecule has 1 aliphatic heterocycles. The van der Waals surface area contributed by atoms with Crippen LogP contribution in [0.4, 0.5) is 31.7 Å². The summed E-state index contributed by atoms with van der Waals surface area (Å²) in [6, 6.07) is 13.3. The van der Waals surface area contributed by atoms with Crippen LogP contribution in [0.5, 0.6) is 0 Å². The number of rotatable bonds is 7. The van der Waals surface area contributed by atoms with Crippen molar-refractivity contribution in [1.29, 1.82) is 0 Å². The SMILES string of the molecule is NC(=O)c1cnc(Nc2ccc(N3CCCC3)cc2)cc1NCc1c(F)cccc1F. The van der Waals surface area contributed by atoms with Crippen LogP contribution in [0.1, 0.15) is 28.8 Å². The minimum atomic E-state index is -0.689. The van der Waals surface area contributed by atoms with Crippen molar-refractivity contribution in [1.82, 2.24) is 4.98 Å². The fraction of sp³-hybridized carbons (Fsp3) is 0.217. The van der Waals surface area contributed by atoms with Crippen LogP contribution in [0, 0.1) is 11.6 Å². The third-order valence-electron chi connectivity index (χ3n) is 5.30. The van der Waals surface area contributed by atoms with Gasteiger partial charge in [-0.25, -0.2) is 13.8 Å². The molecule has 8 heteroatoms. The molecule has 0 spiro atoms. The van der Waals surface area contributed by atoms with Gasteiger partial charge in [-0.15, -0.1) is 0 Å². The molecule has 2 aromatic carbocycles. The van der Waals surface area contributed by atoms with Crippen LogP contribution in [0.2, 0.25) is 0 Å². The normalized spacial score (nSPS) is 13.3. The second-order valence-electron chi connectivity index (χ2n) is 7.40. The highest BCUT2D eigenvalue weighted by Gasteiger charge is 2.14. The van der Waals surface area contributed by atoms with Crippen molar-refractivity contribution in [2.75, 3.05) is 28.6 Å². The van der Waals surface area contributed by atoms with E-state index >= 15 is 0 Å². The summed E-state index contributed by atoms with van der Waals surface area (Å²) in [7, 11) is 0. The molecular formula is C23H23F2N5O. The largest absolute Gasteiger partial charge is 0.380 e. The highest BCUT2D eigenvalue weighted by atomic mass is 19.1. The molecular weight excluding hydrogens is 400 g/mol. The number of amides is 1. The van der Waals surface area contributed by atoms with E-state index in [4.69, 9.17) is 5.73 Å². The number of aromatic nitrogens is 1. The van der Waals surface area contributed by atoms with E-state index < -0.39 is 17.5 Å². The fourth-order valence-corrected chi connectivity index (χ4v) is 3.63. The van der Waals surface area contributed by atoms with Crippen molar-refractivity contribution in [3.8, 4) is 0 Å². The number of halogens is 2. The van der Waals surface area contributed by atoms with Gasteiger partial charge in [0.2, 0.25) is 0 Å². The molecule has 0 bridgehead atoms. The third kappa shape index (κ3) is 4.74. The summed E-state index contributed by atoms with van der Waals surface area (Å²) in [6.07, 6.45) is 3.76. The first-order valence-corrected chi connectivity index (χ1v) is 10.1. The van der Waals surface area contributed by atoms with Gasteiger partial charge in [0, 0.05) is 48.8 Å². The quantitative estimate of drug-likeness (QED) is 0.524. The van der Waals surface area contributed by atoms with Crippen LogP contribution >= 0.6 is 0 Å². The van der Waals surface area contributed by atoms with E-state index in [-0.39, 0.29) is 17.7 Å². The number of pyridine rings is 1. The van der Waals surface area contributed by atoms with E-state index in [2.05, 4.69) is 20.5 Å². The Morgan fingerprint density at radius 1 is 1.06 bits per heavy atom. The van der Waals surface area contributed by atoms with Gasteiger partial charge in [0.1, 0.15) is 17.5 Å². The number of nitrogens with one attached hydrogen (secondary N) is 2. The lowest BCUT2D eigenvalue weighted by Crippen LogP contribution is -2.17. The number of carbonyl (C=O) groups is 1. The number of benzene rings is 2. The molecule has 4 rings (SSSR count). The van der Waals surface area contributed by atoms with Gasteiger partial charge in [-0.1, -0.05) is 6.07 Å². The van der Waals surface area contributed by atoms with Gasteiger partial charge >= 0.3 is 0 Å². The summed E-state index contributed by atoms with van der Waals surface area (Å²) in [5.41, 5.74) is 7.78. The van der Waals surface area contributed by atoms with E-state index in [9.17, 15) is 13.6 Å². The van der Waals surface area contributed by atoms with Crippen molar-refractivity contribution in [2.24, 2.45) is 5.73 Å². The Labute approximate surface area is 179 Å². The standard InChI is InChI=1S/C23H23F2N5O/c24-19-4-3-5-20(25)17(19)13-27-21-12-22(28-14-18(21)23(26)31)29-15-6-8-16(9-7-15)30-10-1-2-11-30/h3-9,12,14H,1-2,10-11,13H2,(H2,26,31)(H2,27,28,29). The van der Waals surface area contributed by atoms with Gasteiger partial charge in [-0.2, -0.15) is 0 Å². The fourth-order valence-electron chi connectivity index (χ4n) is 3.63. The van der Waals surface area contributed by atoms with Crippen molar-refractivity contribution in [2.45, 2.75) is 19.4 Å². The zero-order valence-electron chi connectivity index (χ0n) is 16.9. The van der Waals surface area contributed by atoms with Crippen LogP contribution in [0.25, 0.3) is 0 Å². The Hall–Kier alpha value is -3.68. The Morgan fingerprint density at radius 3 is 2.39 bits per heavy atom. The number of nitrogens with two attached hydrogens (primary N) is 1. The van der Waals surface area contributed by atoms with E-state index in [1.165, 1.54) is 42.9 Å². The molecule has 0 unspecified atom stereocenters. The van der Waals surface area contributed by atoms with Gasteiger partial charge in [0.15, 0.2) is 0 Å². The number of hydrogen-bond acceptors (Lipinski definition) is 5. The van der Waals surface area contributed by atoms with Crippen molar-refractivity contribution < 1.29 is 13.6 Å². The average Bonchev–Trinajstić information content (AvgIpc) is 3.29. The van der Waals surface area contributed by atoms with Gasteiger partial charge in [0.25, 0.3) is 5.91 Å². The maximum absolute atomic E-state index is 13.9. The number of nitrogens with zero attached hydrogens (tertiary/aromatic N) is 2. The minimum Gasteiger partial charge on any atom is -0.380 e. The topological polar surface area (TPSA) is 83.3 Å². The molecule has 2 heterocycles. The molecule has 1 aromatic heterocycles. The molecule has 1 saturated heterocycles. The molecule has 0 aliphatic carbocycles. The smallest absolute Gasteiger partial charge is 0.252 e. The van der Waals surface area contributed by atoms with Crippen molar-refractivity contribution >= 4 is 28.8 Å². The zero-order valence-corrected chi connectivity index (χ0v) is 16.9. The molecule has 0 saturated carbocycles. The lowest BCUT2D eigenvalue weighted by Gasteiger charge is -2.18. The molecule has 1 aliphatic rings. The molecule has 0 radical (unpaired) electrons. The van der Waals surface area contributed by atoms with Crippen molar-refractivity contribution in [3.05, 3.63) is 77.5 Å². The Balaban J connectivity index is 1.52. The van der Waals surface area contributed by atoms with E-state index in [0.29, 0.717) is 11.5 Å². The van der Waals surface area contributed by atoms with Gasteiger partial charge in [-0.05, 0) is 49.2 Å². The monoisotopic (exact) mass is 423 g/mol. The summed E-state index contributed by atoms with van der Waals surface area (Å²) >= 11 is 0. The summed E-state index contributed by atoms with van der Waals surface area (Å²) in [4.78, 5) is 18.3. The first kappa shape index (κ1) is 20.6. The molecule has 4 N–H and O–H groups in total. The summed E-state index contributed by atoms with van der Waals surface area (Å²) in [5.74, 6) is -1.56. The lowest BCUT2D eigenvalue weighted by molar-refractivity contribution is 0.100. The van der Waals surface area contributed by atoms with Crippen LogP contribution in [-0.4, -0.2) is 24.0 Å². The zero-order chi connectivity index (χ0) is 21.8. The van der Waals surface area contributed by atoms with Crippen LogP contribution in [0.15, 0.2) is 54.7 Å². The molecule has 0 atom stereocenters. The number of carbonyl (C=O) groups excluding carboxylic acids is 1. The number of hydrogen-bond donors (Lipinski definition) is 3. The Bertz CT molecular complexity index is 1060. The molecule has 3 aromatic rings. The predicted molar refractivity (Wildman–Crippen MR) is 118 cm³/mol. The van der Waals surface area contributed by atoms with Gasteiger partial charge < -0.3 is 21.3 Å². The highest BCUT2D eigenvalue weighted by Crippen LogP contribution is 2.26. The van der Waals surface area contributed by atoms with Crippen LogP contribution < -0.4 is 21.3 Å². The lowest BCUT2D eigenvalue weighted by atomic mass is 10.1. The molecule has 160 valence electrons. The molecule has 1 amide bonds. The molecule has 31 heavy (non-hydrogen) atoms.